The molecule has 0 bridgehead atoms. The lowest BCUT2D eigenvalue weighted by Gasteiger charge is -2.37. The third-order valence-corrected chi connectivity index (χ3v) is 6.66. The third-order valence-electron chi connectivity index (χ3n) is 6.42. The second-order valence-electron chi connectivity index (χ2n) is 8.54. The van der Waals surface area contributed by atoms with E-state index < -0.39 is 0 Å². The minimum atomic E-state index is -0.0701. The first-order chi connectivity index (χ1) is 15.6. The van der Waals surface area contributed by atoms with Crippen LogP contribution >= 0.6 is 11.6 Å². The van der Waals surface area contributed by atoms with Crippen LogP contribution in [0.25, 0.3) is 0 Å². The number of urea groups is 1. The average Bonchev–Trinajstić information content (AvgIpc) is 3.30. The molecule has 0 saturated carbocycles. The summed E-state index contributed by atoms with van der Waals surface area (Å²) in [6, 6.07) is 13.1. The molecule has 2 saturated heterocycles. The molecule has 8 heteroatoms. The van der Waals surface area contributed by atoms with Crippen molar-refractivity contribution in [1.29, 1.82) is 0 Å². The van der Waals surface area contributed by atoms with Gasteiger partial charge in [0.1, 0.15) is 5.75 Å². The Morgan fingerprint density at radius 2 is 1.62 bits per heavy atom. The fourth-order valence-electron chi connectivity index (χ4n) is 4.59. The van der Waals surface area contributed by atoms with E-state index in [0.29, 0.717) is 55.7 Å². The number of amides is 3. The first-order valence-corrected chi connectivity index (χ1v) is 11.6. The molecule has 0 aliphatic carbocycles. The molecule has 0 spiro atoms. The maximum absolute atomic E-state index is 13.6. The summed E-state index contributed by atoms with van der Waals surface area (Å²) in [5, 5.41) is 0.557. The lowest BCUT2D eigenvalue weighted by atomic mass is 10.2. The number of halogens is 1. The molecule has 32 heavy (non-hydrogen) atoms. The molecular weight excluding hydrogens is 428 g/mol. The van der Waals surface area contributed by atoms with E-state index >= 15 is 0 Å². The van der Waals surface area contributed by atoms with Crippen molar-refractivity contribution in [3.8, 4) is 11.5 Å². The fourth-order valence-corrected chi connectivity index (χ4v) is 4.76. The summed E-state index contributed by atoms with van der Waals surface area (Å²) in [6.07, 6.45) is 2.20. The van der Waals surface area contributed by atoms with E-state index in [-0.39, 0.29) is 11.9 Å². The highest BCUT2D eigenvalue weighted by atomic mass is 35.5. The highest BCUT2D eigenvalue weighted by molar-refractivity contribution is 6.31. The number of hydrogen-bond acceptors (Lipinski definition) is 4. The van der Waals surface area contributed by atoms with Crippen molar-refractivity contribution in [3.05, 3.63) is 53.1 Å². The molecule has 0 N–H and O–H groups in total. The number of piperazine rings is 1. The van der Waals surface area contributed by atoms with Gasteiger partial charge in [-0.15, -0.1) is 0 Å². The van der Waals surface area contributed by atoms with Crippen molar-refractivity contribution in [2.45, 2.75) is 19.4 Å². The summed E-state index contributed by atoms with van der Waals surface area (Å²) in [7, 11) is 0. The zero-order valence-electron chi connectivity index (χ0n) is 18.0. The summed E-state index contributed by atoms with van der Waals surface area (Å²) >= 11 is 6.27. The van der Waals surface area contributed by atoms with Crippen LogP contribution in [0.15, 0.2) is 42.5 Å². The van der Waals surface area contributed by atoms with Crippen molar-refractivity contribution in [3.63, 3.8) is 0 Å². The van der Waals surface area contributed by atoms with Crippen LogP contribution < -0.4 is 9.64 Å². The van der Waals surface area contributed by atoms with E-state index in [1.807, 2.05) is 40.1 Å². The summed E-state index contributed by atoms with van der Waals surface area (Å²) in [5.74, 6) is 1.56. The number of carbonyl (C=O) groups is 2. The molecule has 0 radical (unpaired) electrons. The Morgan fingerprint density at radius 3 is 2.41 bits per heavy atom. The Kier molecular flexibility index (Phi) is 5.93. The first-order valence-electron chi connectivity index (χ1n) is 11.2. The summed E-state index contributed by atoms with van der Waals surface area (Å²) in [5.41, 5.74) is 1.62. The standard InChI is InChI=1S/C24H27ClN4O3/c25-19-7-8-22-20(15-19)29(16-18-5-1-2-6-21(18)32-22)24(31)28-13-11-26(12-14-28)17-23(30)27-9-3-4-10-27/h1-2,5-8,15H,3-4,9-14,16-17H2. The van der Waals surface area contributed by atoms with Gasteiger partial charge in [-0.2, -0.15) is 0 Å². The molecule has 0 aromatic heterocycles. The van der Waals surface area contributed by atoms with Crippen LogP contribution in [-0.4, -0.2) is 72.5 Å². The summed E-state index contributed by atoms with van der Waals surface area (Å²) in [6.45, 7) is 5.14. The zero-order valence-corrected chi connectivity index (χ0v) is 18.8. The van der Waals surface area contributed by atoms with Gasteiger partial charge in [-0.25, -0.2) is 4.79 Å². The number of rotatable bonds is 2. The van der Waals surface area contributed by atoms with Crippen LogP contribution in [0.5, 0.6) is 11.5 Å². The molecular formula is C24H27ClN4O3. The number of likely N-dealkylation sites (tertiary alicyclic amines) is 1. The number of anilines is 1. The molecule has 3 aliphatic rings. The van der Waals surface area contributed by atoms with Crippen LogP contribution in [0.2, 0.25) is 5.02 Å². The van der Waals surface area contributed by atoms with Crippen LogP contribution in [0.4, 0.5) is 10.5 Å². The molecule has 0 atom stereocenters. The highest BCUT2D eigenvalue weighted by Gasteiger charge is 2.31. The molecule has 3 amide bonds. The number of benzene rings is 2. The molecule has 2 fully saturated rings. The highest BCUT2D eigenvalue weighted by Crippen LogP contribution is 2.40. The van der Waals surface area contributed by atoms with Crippen LogP contribution in [0.3, 0.4) is 0 Å². The maximum atomic E-state index is 13.6. The Morgan fingerprint density at radius 1 is 0.875 bits per heavy atom. The van der Waals surface area contributed by atoms with Gasteiger partial charge in [0.15, 0.2) is 5.75 Å². The Labute approximate surface area is 193 Å². The van der Waals surface area contributed by atoms with Gasteiger partial charge in [0.2, 0.25) is 5.91 Å². The monoisotopic (exact) mass is 454 g/mol. The predicted molar refractivity (Wildman–Crippen MR) is 123 cm³/mol. The van der Waals surface area contributed by atoms with E-state index in [9.17, 15) is 9.59 Å². The molecule has 3 heterocycles. The zero-order chi connectivity index (χ0) is 22.1. The van der Waals surface area contributed by atoms with Gasteiger partial charge in [0.05, 0.1) is 18.8 Å². The van der Waals surface area contributed by atoms with Crippen molar-refractivity contribution in [2.24, 2.45) is 0 Å². The van der Waals surface area contributed by atoms with Gasteiger partial charge >= 0.3 is 6.03 Å². The largest absolute Gasteiger partial charge is 0.455 e. The second-order valence-corrected chi connectivity index (χ2v) is 8.98. The molecule has 7 nitrogen and oxygen atoms in total. The second kappa shape index (κ2) is 9.00. The minimum absolute atomic E-state index is 0.0701. The Balaban J connectivity index is 1.30. The van der Waals surface area contributed by atoms with Gasteiger partial charge < -0.3 is 14.5 Å². The minimum Gasteiger partial charge on any atom is -0.455 e. The number of para-hydroxylation sites is 1. The van der Waals surface area contributed by atoms with Crippen LogP contribution in [0, 0.1) is 0 Å². The van der Waals surface area contributed by atoms with E-state index in [1.165, 1.54) is 0 Å². The van der Waals surface area contributed by atoms with E-state index in [0.717, 1.165) is 37.2 Å². The van der Waals surface area contributed by atoms with Gasteiger partial charge in [0, 0.05) is 49.9 Å². The molecule has 2 aromatic rings. The lowest BCUT2D eigenvalue weighted by molar-refractivity contribution is -0.131. The van der Waals surface area contributed by atoms with E-state index in [1.54, 1.807) is 17.0 Å². The van der Waals surface area contributed by atoms with Gasteiger partial charge in [-0.05, 0) is 37.1 Å². The third kappa shape index (κ3) is 4.27. The number of hydrogen-bond donors (Lipinski definition) is 0. The Hall–Kier alpha value is -2.77. The fraction of sp³-hybridized carbons (Fsp3) is 0.417. The number of ether oxygens (including phenoxy) is 1. The Bertz CT molecular complexity index is 1020. The maximum Gasteiger partial charge on any atom is 0.325 e. The van der Waals surface area contributed by atoms with Gasteiger partial charge in [0.25, 0.3) is 0 Å². The average molecular weight is 455 g/mol. The number of nitrogens with zero attached hydrogens (tertiary/aromatic N) is 4. The SMILES string of the molecule is O=C(CN1CCN(C(=O)N2Cc3ccccc3Oc3ccc(Cl)cc32)CC1)N1CCCC1. The first kappa shape index (κ1) is 21.1. The lowest BCUT2D eigenvalue weighted by Crippen LogP contribution is -2.54. The van der Waals surface area contributed by atoms with E-state index in [2.05, 4.69) is 4.90 Å². The molecule has 3 aliphatic heterocycles. The van der Waals surface area contributed by atoms with Gasteiger partial charge in [-0.3, -0.25) is 14.6 Å². The summed E-state index contributed by atoms with van der Waals surface area (Å²) in [4.78, 5) is 33.8. The van der Waals surface area contributed by atoms with Crippen molar-refractivity contribution >= 4 is 29.2 Å². The smallest absolute Gasteiger partial charge is 0.325 e. The number of fused-ring (bicyclic) bond motifs is 2. The van der Waals surface area contributed by atoms with Crippen LogP contribution in [-0.2, 0) is 11.3 Å². The molecule has 168 valence electrons. The van der Waals surface area contributed by atoms with Gasteiger partial charge in [-0.1, -0.05) is 29.8 Å². The van der Waals surface area contributed by atoms with Crippen LogP contribution in [0.1, 0.15) is 18.4 Å². The molecule has 2 aromatic carbocycles. The normalized spacial score (nSPS) is 18.6. The van der Waals surface area contributed by atoms with E-state index in [4.69, 9.17) is 16.3 Å². The van der Waals surface area contributed by atoms with Crippen molar-refractivity contribution < 1.29 is 14.3 Å². The quantitative estimate of drug-likeness (QED) is 0.692. The molecule has 5 rings (SSSR count). The topological polar surface area (TPSA) is 56.3 Å². The van der Waals surface area contributed by atoms with Crippen molar-refractivity contribution in [1.82, 2.24) is 14.7 Å². The number of carbonyl (C=O) groups excluding carboxylic acids is 2. The molecule has 0 unspecified atom stereocenters. The summed E-state index contributed by atoms with van der Waals surface area (Å²) < 4.78 is 6.11. The predicted octanol–water partition coefficient (Wildman–Crippen LogP) is 3.81. The van der Waals surface area contributed by atoms with Crippen molar-refractivity contribution in [2.75, 3.05) is 50.7 Å².